The van der Waals surface area contributed by atoms with Gasteiger partial charge in [0, 0.05) is 48.3 Å². The molecule has 5 heteroatoms. The fourth-order valence-electron chi connectivity index (χ4n) is 7.07. The zero-order valence-corrected chi connectivity index (χ0v) is 26.5. The number of benzene rings is 7. The van der Waals surface area contributed by atoms with Crippen molar-refractivity contribution in [3.8, 4) is 39.9 Å². The molecular weight excluding hydrogens is 605 g/mol. The molecule has 3 aromatic heterocycles. The van der Waals surface area contributed by atoms with Gasteiger partial charge in [0.1, 0.15) is 0 Å². The summed E-state index contributed by atoms with van der Waals surface area (Å²) in [4.78, 5) is 15.1. The third-order valence-electron chi connectivity index (χ3n) is 9.24. The molecule has 0 unspecified atom stereocenters. The molecule has 0 saturated heterocycles. The molecule has 10 aromatic rings. The minimum Gasteiger partial charge on any atom is -0.307 e. The molecule has 48 heavy (non-hydrogen) atoms. The van der Waals surface area contributed by atoms with Crippen molar-refractivity contribution in [2.45, 2.75) is 0 Å². The molecule has 0 amide bonds. The highest BCUT2D eigenvalue weighted by atomic mass is 32.1. The topological polar surface area (TPSA) is 43.6 Å². The summed E-state index contributed by atoms with van der Waals surface area (Å²) >= 11 is 1.81. The Kier molecular flexibility index (Phi) is 6.01. The normalized spacial score (nSPS) is 11.8. The fraction of sp³-hybridized carbons (Fsp3) is 0. The maximum Gasteiger partial charge on any atom is 0.165 e. The van der Waals surface area contributed by atoms with E-state index in [2.05, 4.69) is 126 Å². The first kappa shape index (κ1) is 27.0. The Morgan fingerprint density at radius 3 is 1.73 bits per heavy atom. The maximum absolute atomic E-state index is 5.09. The molecule has 10 rings (SSSR count). The molecule has 224 valence electrons. The Bertz CT molecular complexity index is 2780. The SMILES string of the molecule is c1ccc(-c2nc(-c3ccccc3)nc(-c3cccc4c3sc3c(-n5c6ccccc6c6ccc7ccccc7c65)cccc34)n2)cc1. The molecule has 3 heterocycles. The quantitative estimate of drug-likeness (QED) is 0.194. The summed E-state index contributed by atoms with van der Waals surface area (Å²) in [6, 6.07) is 55.4. The van der Waals surface area contributed by atoms with E-state index in [1.54, 1.807) is 0 Å². The van der Waals surface area contributed by atoms with Gasteiger partial charge in [0.05, 0.1) is 21.4 Å². The third kappa shape index (κ3) is 4.11. The second-order valence-corrected chi connectivity index (χ2v) is 13.0. The van der Waals surface area contributed by atoms with Gasteiger partial charge in [-0.15, -0.1) is 11.3 Å². The van der Waals surface area contributed by atoms with Gasteiger partial charge in [0.25, 0.3) is 0 Å². The van der Waals surface area contributed by atoms with Crippen LogP contribution in [0.4, 0.5) is 0 Å². The summed E-state index contributed by atoms with van der Waals surface area (Å²) in [6.07, 6.45) is 0. The number of para-hydroxylation sites is 1. The predicted octanol–water partition coefficient (Wildman–Crippen LogP) is 11.5. The van der Waals surface area contributed by atoms with Gasteiger partial charge >= 0.3 is 0 Å². The smallest absolute Gasteiger partial charge is 0.165 e. The monoisotopic (exact) mass is 630 g/mol. The van der Waals surface area contributed by atoms with Crippen molar-refractivity contribution in [1.29, 1.82) is 0 Å². The van der Waals surface area contributed by atoms with Crippen LogP contribution in [0.15, 0.2) is 158 Å². The molecule has 0 N–H and O–H groups in total. The zero-order chi connectivity index (χ0) is 31.6. The molecular formula is C43H26N4S. The lowest BCUT2D eigenvalue weighted by Gasteiger charge is -2.11. The van der Waals surface area contributed by atoms with Crippen LogP contribution in [0.2, 0.25) is 0 Å². The number of rotatable bonds is 4. The van der Waals surface area contributed by atoms with Crippen molar-refractivity contribution >= 4 is 64.1 Å². The van der Waals surface area contributed by atoms with Crippen molar-refractivity contribution in [3.63, 3.8) is 0 Å². The highest BCUT2D eigenvalue weighted by Gasteiger charge is 2.20. The highest BCUT2D eigenvalue weighted by molar-refractivity contribution is 7.26. The largest absolute Gasteiger partial charge is 0.307 e. The van der Waals surface area contributed by atoms with E-state index in [0.717, 1.165) is 21.4 Å². The van der Waals surface area contributed by atoms with Gasteiger partial charge < -0.3 is 4.57 Å². The summed E-state index contributed by atoms with van der Waals surface area (Å²) < 4.78 is 4.86. The standard InChI is InChI=1S/C43H26N4S/c1-3-14-28(15-4-1)41-44-42(29-16-5-2-6-17-29)46-43(45-41)35-22-11-20-33-34-21-12-24-37(40(34)48-39(33)35)47-36-23-10-9-19-31(36)32-26-25-27-13-7-8-18-30(27)38(32)47/h1-26H. The van der Waals surface area contributed by atoms with Gasteiger partial charge in [-0.05, 0) is 23.6 Å². The van der Waals surface area contributed by atoms with Crippen LogP contribution in [0.1, 0.15) is 0 Å². The van der Waals surface area contributed by atoms with Gasteiger partial charge in [-0.2, -0.15) is 0 Å². The number of hydrogen-bond acceptors (Lipinski definition) is 4. The molecule has 0 fully saturated rings. The summed E-state index contributed by atoms with van der Waals surface area (Å²) in [7, 11) is 0. The van der Waals surface area contributed by atoms with Crippen molar-refractivity contribution in [2.24, 2.45) is 0 Å². The van der Waals surface area contributed by atoms with E-state index < -0.39 is 0 Å². The minimum absolute atomic E-state index is 0.662. The van der Waals surface area contributed by atoms with Gasteiger partial charge in [0.15, 0.2) is 17.5 Å². The Labute approximate surface area is 280 Å². The van der Waals surface area contributed by atoms with E-state index in [0.29, 0.717) is 17.5 Å². The summed E-state index contributed by atoms with van der Waals surface area (Å²) in [5, 5.41) is 7.42. The van der Waals surface area contributed by atoms with Crippen LogP contribution in [-0.4, -0.2) is 19.5 Å². The Morgan fingerprint density at radius 2 is 0.979 bits per heavy atom. The molecule has 0 radical (unpaired) electrons. The van der Waals surface area contributed by atoms with E-state index in [1.165, 1.54) is 53.7 Å². The number of thiophene rings is 1. The number of fused-ring (bicyclic) bond motifs is 8. The lowest BCUT2D eigenvalue weighted by Crippen LogP contribution is -2.00. The fourth-order valence-corrected chi connectivity index (χ4v) is 8.38. The summed E-state index contributed by atoms with van der Waals surface area (Å²) in [6.45, 7) is 0. The summed E-state index contributed by atoms with van der Waals surface area (Å²) in [5.74, 6) is 2.00. The first-order chi connectivity index (χ1) is 23.8. The molecule has 7 aromatic carbocycles. The van der Waals surface area contributed by atoms with Crippen molar-refractivity contribution in [3.05, 3.63) is 158 Å². The molecule has 4 nitrogen and oxygen atoms in total. The van der Waals surface area contributed by atoms with Crippen LogP contribution in [0, 0.1) is 0 Å². The zero-order valence-electron chi connectivity index (χ0n) is 25.7. The molecule has 0 aliphatic heterocycles. The van der Waals surface area contributed by atoms with Crippen LogP contribution < -0.4 is 0 Å². The molecule has 0 aliphatic rings. The van der Waals surface area contributed by atoms with E-state index in [-0.39, 0.29) is 0 Å². The molecule has 0 saturated carbocycles. The first-order valence-corrected chi connectivity index (χ1v) is 16.9. The van der Waals surface area contributed by atoms with E-state index in [9.17, 15) is 0 Å². The van der Waals surface area contributed by atoms with Gasteiger partial charge in [-0.1, -0.05) is 140 Å². The van der Waals surface area contributed by atoms with Gasteiger partial charge in [-0.3, -0.25) is 0 Å². The summed E-state index contributed by atoms with van der Waals surface area (Å²) in [5.41, 5.74) is 6.53. The van der Waals surface area contributed by atoms with Crippen LogP contribution in [0.5, 0.6) is 0 Å². The van der Waals surface area contributed by atoms with Gasteiger partial charge in [-0.25, -0.2) is 15.0 Å². The minimum atomic E-state index is 0.662. The predicted molar refractivity (Wildman–Crippen MR) is 201 cm³/mol. The molecule has 0 aliphatic carbocycles. The lowest BCUT2D eigenvalue weighted by atomic mass is 10.1. The van der Waals surface area contributed by atoms with Crippen LogP contribution in [0.25, 0.3) is 92.6 Å². The van der Waals surface area contributed by atoms with Crippen LogP contribution in [-0.2, 0) is 0 Å². The average molecular weight is 631 g/mol. The van der Waals surface area contributed by atoms with E-state index in [1.807, 2.05) is 47.7 Å². The second kappa shape index (κ2) is 10.7. The van der Waals surface area contributed by atoms with Crippen molar-refractivity contribution < 1.29 is 0 Å². The number of aromatic nitrogens is 4. The Balaban J connectivity index is 1.26. The highest BCUT2D eigenvalue weighted by Crippen LogP contribution is 2.44. The van der Waals surface area contributed by atoms with Crippen molar-refractivity contribution in [2.75, 3.05) is 0 Å². The number of hydrogen-bond donors (Lipinski definition) is 0. The maximum atomic E-state index is 5.09. The van der Waals surface area contributed by atoms with Crippen LogP contribution in [0.3, 0.4) is 0 Å². The molecule has 0 spiro atoms. The average Bonchev–Trinajstić information content (AvgIpc) is 3.72. The van der Waals surface area contributed by atoms with Crippen molar-refractivity contribution in [1.82, 2.24) is 19.5 Å². The second-order valence-electron chi connectivity index (χ2n) is 12.0. The number of nitrogens with zero attached hydrogens (tertiary/aromatic N) is 4. The first-order valence-electron chi connectivity index (χ1n) is 16.0. The lowest BCUT2D eigenvalue weighted by molar-refractivity contribution is 1.08. The molecule has 0 atom stereocenters. The molecule has 0 bridgehead atoms. The Morgan fingerprint density at radius 1 is 0.396 bits per heavy atom. The van der Waals surface area contributed by atoms with Gasteiger partial charge in [0.2, 0.25) is 0 Å². The van der Waals surface area contributed by atoms with E-state index in [4.69, 9.17) is 15.0 Å². The van der Waals surface area contributed by atoms with Crippen LogP contribution >= 0.6 is 11.3 Å². The third-order valence-corrected chi connectivity index (χ3v) is 10.5. The van der Waals surface area contributed by atoms with E-state index >= 15 is 0 Å². The Hall–Kier alpha value is -6.17.